The van der Waals surface area contributed by atoms with Gasteiger partial charge in [-0.3, -0.25) is 4.79 Å². The summed E-state index contributed by atoms with van der Waals surface area (Å²) in [5, 5.41) is 5.35. The summed E-state index contributed by atoms with van der Waals surface area (Å²) in [4.78, 5) is 22.9. The molecule has 0 aromatic heterocycles. The lowest BCUT2D eigenvalue weighted by Gasteiger charge is -2.15. The fourth-order valence-corrected chi connectivity index (χ4v) is 2.51. The number of rotatable bonds is 7. The molecule has 0 saturated carbocycles. The summed E-state index contributed by atoms with van der Waals surface area (Å²) >= 11 is 0. The molecule has 1 unspecified atom stereocenters. The minimum atomic E-state index is -0.581. The first-order valence-electron chi connectivity index (χ1n) is 8.62. The van der Waals surface area contributed by atoms with E-state index in [2.05, 4.69) is 36.6 Å². The molecule has 138 valence electrons. The highest BCUT2D eigenvalue weighted by molar-refractivity contribution is 5.94. The van der Waals surface area contributed by atoms with Crippen LogP contribution in [-0.4, -0.2) is 18.5 Å². The number of nitrogens with one attached hydrogen (secondary N) is 2. The molecule has 6 nitrogen and oxygen atoms in total. The molecule has 6 N–H and O–H groups in total. The van der Waals surface area contributed by atoms with Gasteiger partial charge in [0, 0.05) is 24.7 Å². The highest BCUT2D eigenvalue weighted by Crippen LogP contribution is 2.17. The smallest absolute Gasteiger partial charge is 0.312 e. The Morgan fingerprint density at radius 1 is 0.923 bits per heavy atom. The number of hydrogen-bond acceptors (Lipinski definition) is 3. The van der Waals surface area contributed by atoms with Gasteiger partial charge in [-0.2, -0.15) is 0 Å². The molecular formula is C20H26N4O2. The summed E-state index contributed by atoms with van der Waals surface area (Å²) in [6, 6.07) is 14.3. The summed E-state index contributed by atoms with van der Waals surface area (Å²) in [6.45, 7) is 4.97. The molecule has 0 spiro atoms. The number of urea groups is 1. The van der Waals surface area contributed by atoms with E-state index in [4.69, 9.17) is 11.5 Å². The molecule has 0 aliphatic heterocycles. The second kappa shape index (κ2) is 9.01. The Hall–Kier alpha value is -2.86. The maximum atomic E-state index is 12.2. The molecule has 0 aliphatic carbocycles. The third-order valence-corrected chi connectivity index (χ3v) is 4.20. The summed E-state index contributed by atoms with van der Waals surface area (Å²) in [7, 11) is 0. The van der Waals surface area contributed by atoms with E-state index in [9.17, 15) is 9.59 Å². The molecule has 0 aliphatic rings. The second-order valence-corrected chi connectivity index (χ2v) is 6.55. The Morgan fingerprint density at radius 2 is 1.50 bits per heavy atom. The Bertz CT molecular complexity index is 739. The largest absolute Gasteiger partial charge is 0.352 e. The Morgan fingerprint density at radius 3 is 2.04 bits per heavy atom. The molecule has 2 aromatic carbocycles. The molecule has 1 atom stereocenters. The summed E-state index contributed by atoms with van der Waals surface area (Å²) in [5.41, 5.74) is 14.9. The van der Waals surface area contributed by atoms with Crippen molar-refractivity contribution in [2.45, 2.75) is 32.4 Å². The first kappa shape index (κ1) is 19.5. The number of benzene rings is 2. The first-order valence-corrected chi connectivity index (χ1v) is 8.62. The van der Waals surface area contributed by atoms with Crippen LogP contribution in [-0.2, 0) is 6.54 Å². The third kappa shape index (κ3) is 5.60. The van der Waals surface area contributed by atoms with E-state index in [1.54, 1.807) is 24.3 Å². The van der Waals surface area contributed by atoms with Gasteiger partial charge < -0.3 is 22.1 Å². The fraction of sp³-hybridized carbons (Fsp3) is 0.300. The molecule has 0 saturated heterocycles. The molecule has 0 fully saturated rings. The Balaban J connectivity index is 1.88. The van der Waals surface area contributed by atoms with Gasteiger partial charge in [0.2, 0.25) is 0 Å². The van der Waals surface area contributed by atoms with E-state index >= 15 is 0 Å². The van der Waals surface area contributed by atoms with Gasteiger partial charge in [0.25, 0.3) is 5.91 Å². The first-order chi connectivity index (χ1) is 12.4. The highest BCUT2D eigenvalue weighted by atomic mass is 16.2. The zero-order valence-electron chi connectivity index (χ0n) is 15.2. The van der Waals surface area contributed by atoms with Crippen molar-refractivity contribution in [1.29, 1.82) is 0 Å². The van der Waals surface area contributed by atoms with Crippen molar-refractivity contribution in [3.63, 3.8) is 0 Å². The zero-order valence-corrected chi connectivity index (χ0v) is 15.2. The SMILES string of the molecule is CC(C)c1ccc(C(N)CNC(=O)c2ccc(CNC(N)=O)cc2)cc1. The van der Waals surface area contributed by atoms with Crippen LogP contribution < -0.4 is 22.1 Å². The molecule has 0 bridgehead atoms. The van der Waals surface area contributed by atoms with Crippen LogP contribution in [0.4, 0.5) is 4.79 Å². The predicted molar refractivity (Wildman–Crippen MR) is 103 cm³/mol. The van der Waals surface area contributed by atoms with E-state index in [1.807, 2.05) is 12.1 Å². The predicted octanol–water partition coefficient (Wildman–Crippen LogP) is 2.41. The van der Waals surface area contributed by atoms with Crippen molar-refractivity contribution >= 4 is 11.9 Å². The van der Waals surface area contributed by atoms with Crippen molar-refractivity contribution in [2.75, 3.05) is 6.54 Å². The van der Waals surface area contributed by atoms with E-state index in [-0.39, 0.29) is 11.9 Å². The summed E-state index contributed by atoms with van der Waals surface area (Å²) in [6.07, 6.45) is 0. The molecule has 0 heterocycles. The normalized spacial score (nSPS) is 11.8. The van der Waals surface area contributed by atoms with Gasteiger partial charge in [0.1, 0.15) is 0 Å². The van der Waals surface area contributed by atoms with Crippen molar-refractivity contribution in [1.82, 2.24) is 10.6 Å². The van der Waals surface area contributed by atoms with Gasteiger partial charge in [-0.05, 0) is 34.7 Å². The van der Waals surface area contributed by atoms with Crippen molar-refractivity contribution in [3.05, 3.63) is 70.8 Å². The maximum absolute atomic E-state index is 12.2. The van der Waals surface area contributed by atoms with Crippen molar-refractivity contribution in [2.24, 2.45) is 11.5 Å². The fourth-order valence-electron chi connectivity index (χ4n) is 2.51. The van der Waals surface area contributed by atoms with Crippen LogP contribution in [0.1, 0.15) is 52.9 Å². The van der Waals surface area contributed by atoms with E-state index < -0.39 is 6.03 Å². The van der Waals surface area contributed by atoms with Crippen LogP contribution in [0.5, 0.6) is 0 Å². The number of nitrogens with two attached hydrogens (primary N) is 2. The number of primary amides is 1. The number of carbonyl (C=O) groups is 2. The molecule has 3 amide bonds. The standard InChI is InChI=1S/C20H26N4O2/c1-13(2)15-7-9-16(10-8-15)18(21)12-23-19(25)17-5-3-14(4-6-17)11-24-20(22)26/h3-10,13,18H,11-12,21H2,1-2H3,(H,23,25)(H3,22,24,26). The third-order valence-electron chi connectivity index (χ3n) is 4.20. The van der Waals surface area contributed by atoms with Gasteiger partial charge in [0.05, 0.1) is 0 Å². The van der Waals surface area contributed by atoms with Crippen LogP contribution in [0.25, 0.3) is 0 Å². The molecule has 2 aromatic rings. The lowest BCUT2D eigenvalue weighted by molar-refractivity contribution is 0.0951. The zero-order chi connectivity index (χ0) is 19.1. The topological polar surface area (TPSA) is 110 Å². The van der Waals surface area contributed by atoms with Crippen LogP contribution in [0.3, 0.4) is 0 Å². The quantitative estimate of drug-likeness (QED) is 0.613. The number of hydrogen-bond donors (Lipinski definition) is 4. The van der Waals surface area contributed by atoms with Crippen molar-refractivity contribution in [3.8, 4) is 0 Å². The molecule has 6 heteroatoms. The van der Waals surface area contributed by atoms with E-state index in [0.717, 1.165) is 11.1 Å². The molecule has 0 radical (unpaired) electrons. The van der Waals surface area contributed by atoms with Gasteiger partial charge >= 0.3 is 6.03 Å². The number of carbonyl (C=O) groups excluding carboxylic acids is 2. The van der Waals surface area contributed by atoms with Crippen LogP contribution in [0, 0.1) is 0 Å². The number of amides is 3. The maximum Gasteiger partial charge on any atom is 0.312 e. The lowest BCUT2D eigenvalue weighted by atomic mass is 9.99. The van der Waals surface area contributed by atoms with Gasteiger partial charge in [-0.25, -0.2) is 4.79 Å². The molecule has 2 rings (SSSR count). The second-order valence-electron chi connectivity index (χ2n) is 6.55. The lowest BCUT2D eigenvalue weighted by Crippen LogP contribution is -2.32. The molecule has 26 heavy (non-hydrogen) atoms. The van der Waals surface area contributed by atoms with Crippen LogP contribution in [0.15, 0.2) is 48.5 Å². The van der Waals surface area contributed by atoms with E-state index in [1.165, 1.54) is 5.56 Å². The van der Waals surface area contributed by atoms with Gasteiger partial charge in [-0.15, -0.1) is 0 Å². The molecular weight excluding hydrogens is 328 g/mol. The highest BCUT2D eigenvalue weighted by Gasteiger charge is 2.10. The van der Waals surface area contributed by atoms with E-state index in [0.29, 0.717) is 24.6 Å². The van der Waals surface area contributed by atoms with Crippen LogP contribution >= 0.6 is 0 Å². The van der Waals surface area contributed by atoms with Gasteiger partial charge in [0.15, 0.2) is 0 Å². The van der Waals surface area contributed by atoms with Crippen molar-refractivity contribution < 1.29 is 9.59 Å². The Labute approximate surface area is 154 Å². The minimum absolute atomic E-state index is 0.186. The Kier molecular flexibility index (Phi) is 6.74. The van der Waals surface area contributed by atoms with Crippen LogP contribution in [0.2, 0.25) is 0 Å². The average molecular weight is 354 g/mol. The summed E-state index contributed by atoms with van der Waals surface area (Å²) in [5.74, 6) is 0.287. The van der Waals surface area contributed by atoms with Gasteiger partial charge in [-0.1, -0.05) is 50.2 Å². The average Bonchev–Trinajstić information content (AvgIpc) is 2.64. The summed E-state index contributed by atoms with van der Waals surface area (Å²) < 4.78 is 0. The monoisotopic (exact) mass is 354 g/mol. The minimum Gasteiger partial charge on any atom is -0.352 e.